The first kappa shape index (κ1) is 14.3. The minimum absolute atomic E-state index is 0.0385. The van der Waals surface area contributed by atoms with Crippen molar-refractivity contribution in [2.75, 3.05) is 18.5 Å². The number of aryl methyl sites for hydroxylation is 1. The van der Waals surface area contributed by atoms with Crippen molar-refractivity contribution in [1.29, 1.82) is 0 Å². The Hall–Kier alpha value is -2.08. The van der Waals surface area contributed by atoms with Gasteiger partial charge in [0.15, 0.2) is 0 Å². The van der Waals surface area contributed by atoms with Crippen molar-refractivity contribution < 1.29 is 19.4 Å². The Balaban J connectivity index is 1.93. The van der Waals surface area contributed by atoms with Gasteiger partial charge in [-0.25, -0.2) is 4.79 Å². The number of aliphatic carboxylic acids is 1. The molecule has 6 heteroatoms. The number of nitrogens with one attached hydrogen (secondary N) is 2. The number of anilines is 1. The summed E-state index contributed by atoms with van der Waals surface area (Å²) in [5.74, 6) is -0.854. The summed E-state index contributed by atoms with van der Waals surface area (Å²) in [7, 11) is 0. The van der Waals surface area contributed by atoms with Crippen molar-refractivity contribution in [3.8, 4) is 0 Å². The molecule has 0 aliphatic carbocycles. The highest BCUT2D eigenvalue weighted by molar-refractivity contribution is 5.90. The van der Waals surface area contributed by atoms with Gasteiger partial charge in [0.25, 0.3) is 0 Å². The Morgan fingerprint density at radius 2 is 2.15 bits per heavy atom. The third-order valence-electron chi connectivity index (χ3n) is 3.14. The Morgan fingerprint density at radius 1 is 1.35 bits per heavy atom. The Morgan fingerprint density at radius 3 is 2.85 bits per heavy atom. The van der Waals surface area contributed by atoms with E-state index < -0.39 is 5.97 Å². The number of hydrogen-bond donors (Lipinski definition) is 3. The molecule has 1 fully saturated rings. The first-order chi connectivity index (χ1) is 9.65. The van der Waals surface area contributed by atoms with Gasteiger partial charge in [0.2, 0.25) is 0 Å². The van der Waals surface area contributed by atoms with Crippen LogP contribution in [-0.2, 0) is 16.0 Å². The summed E-state index contributed by atoms with van der Waals surface area (Å²) in [4.78, 5) is 22.5. The summed E-state index contributed by atoms with van der Waals surface area (Å²) in [6.45, 7) is 1.20. The fourth-order valence-corrected chi connectivity index (χ4v) is 2.09. The van der Waals surface area contributed by atoms with Gasteiger partial charge in [-0.15, -0.1) is 0 Å². The predicted octanol–water partition coefficient (Wildman–Crippen LogP) is 1.61. The second kappa shape index (κ2) is 6.91. The van der Waals surface area contributed by atoms with E-state index in [-0.39, 0.29) is 18.5 Å². The van der Waals surface area contributed by atoms with E-state index in [0.29, 0.717) is 25.3 Å². The lowest BCUT2D eigenvalue weighted by atomic mass is 10.1. The molecule has 1 unspecified atom stereocenters. The van der Waals surface area contributed by atoms with E-state index in [9.17, 15) is 9.59 Å². The van der Waals surface area contributed by atoms with Crippen molar-refractivity contribution in [2.24, 2.45) is 0 Å². The molecule has 1 aromatic carbocycles. The first-order valence-corrected chi connectivity index (χ1v) is 6.60. The van der Waals surface area contributed by atoms with Crippen LogP contribution in [0.15, 0.2) is 24.3 Å². The number of urea groups is 1. The molecule has 1 heterocycles. The van der Waals surface area contributed by atoms with Crippen molar-refractivity contribution in [2.45, 2.75) is 25.3 Å². The van der Waals surface area contributed by atoms with E-state index in [4.69, 9.17) is 9.84 Å². The summed E-state index contributed by atoms with van der Waals surface area (Å²) < 4.78 is 5.19. The minimum Gasteiger partial charge on any atom is -0.481 e. The third kappa shape index (κ3) is 4.24. The van der Waals surface area contributed by atoms with Crippen LogP contribution >= 0.6 is 0 Å². The monoisotopic (exact) mass is 278 g/mol. The molecule has 3 N–H and O–H groups in total. The molecule has 1 aliphatic heterocycles. The molecule has 20 heavy (non-hydrogen) atoms. The van der Waals surface area contributed by atoms with Gasteiger partial charge in [0, 0.05) is 18.7 Å². The smallest absolute Gasteiger partial charge is 0.319 e. The summed E-state index contributed by atoms with van der Waals surface area (Å²) in [6, 6.07) is 6.97. The Labute approximate surface area is 117 Å². The van der Waals surface area contributed by atoms with Crippen LogP contribution in [-0.4, -0.2) is 36.4 Å². The number of rotatable bonds is 5. The number of carbonyl (C=O) groups excluding carboxylic acids is 1. The lowest BCUT2D eigenvalue weighted by molar-refractivity contribution is -0.136. The average molecular weight is 278 g/mol. The first-order valence-electron chi connectivity index (χ1n) is 6.60. The number of carboxylic acid groups (broad SMARTS) is 1. The molecule has 2 rings (SSSR count). The molecule has 0 saturated carbocycles. The zero-order valence-electron chi connectivity index (χ0n) is 11.1. The summed E-state index contributed by atoms with van der Waals surface area (Å²) in [6.07, 6.45) is 1.24. The standard InChI is InChI=1S/C14H18N2O4/c17-13(18)6-5-10-3-1-2-4-12(10)16-14(19)15-11-7-8-20-9-11/h1-4,11H,5-9H2,(H,17,18)(H2,15,16,19). The normalized spacial score (nSPS) is 17.7. The number of hydrogen-bond acceptors (Lipinski definition) is 3. The van der Waals surface area contributed by atoms with Gasteiger partial charge < -0.3 is 20.5 Å². The number of para-hydroxylation sites is 1. The van der Waals surface area contributed by atoms with Crippen LogP contribution in [0, 0.1) is 0 Å². The van der Waals surface area contributed by atoms with E-state index in [1.54, 1.807) is 12.1 Å². The van der Waals surface area contributed by atoms with Crippen molar-refractivity contribution in [3.63, 3.8) is 0 Å². The zero-order chi connectivity index (χ0) is 14.4. The van der Waals surface area contributed by atoms with Gasteiger partial charge >= 0.3 is 12.0 Å². The fourth-order valence-electron chi connectivity index (χ4n) is 2.09. The molecule has 0 radical (unpaired) electrons. The lowest BCUT2D eigenvalue weighted by Gasteiger charge is -2.14. The summed E-state index contributed by atoms with van der Waals surface area (Å²) in [5, 5.41) is 14.3. The number of ether oxygens (including phenoxy) is 1. The van der Waals surface area contributed by atoms with Crippen LogP contribution in [0.25, 0.3) is 0 Å². The zero-order valence-corrected chi connectivity index (χ0v) is 11.1. The number of carbonyl (C=O) groups is 2. The molecule has 1 aromatic rings. The summed E-state index contributed by atoms with van der Waals surface area (Å²) >= 11 is 0. The maximum atomic E-state index is 11.9. The Kier molecular flexibility index (Phi) is 4.95. The number of amides is 2. The highest BCUT2D eigenvalue weighted by Crippen LogP contribution is 2.17. The number of benzene rings is 1. The van der Waals surface area contributed by atoms with Crippen LogP contribution in [0.2, 0.25) is 0 Å². The Bertz CT molecular complexity index is 484. The van der Waals surface area contributed by atoms with Gasteiger partial charge in [-0.05, 0) is 24.5 Å². The molecule has 108 valence electrons. The average Bonchev–Trinajstić information content (AvgIpc) is 2.90. The van der Waals surface area contributed by atoms with Crippen LogP contribution in [0.1, 0.15) is 18.4 Å². The number of carboxylic acids is 1. The van der Waals surface area contributed by atoms with E-state index in [0.717, 1.165) is 12.0 Å². The van der Waals surface area contributed by atoms with Crippen molar-refractivity contribution in [1.82, 2.24) is 5.32 Å². The molecule has 1 atom stereocenters. The van der Waals surface area contributed by atoms with Crippen molar-refractivity contribution >= 4 is 17.7 Å². The fraction of sp³-hybridized carbons (Fsp3) is 0.429. The largest absolute Gasteiger partial charge is 0.481 e. The molecular weight excluding hydrogens is 260 g/mol. The van der Waals surface area contributed by atoms with Gasteiger partial charge in [0.1, 0.15) is 0 Å². The van der Waals surface area contributed by atoms with Gasteiger partial charge in [0.05, 0.1) is 12.6 Å². The van der Waals surface area contributed by atoms with Gasteiger partial charge in [-0.2, -0.15) is 0 Å². The maximum absolute atomic E-state index is 11.9. The van der Waals surface area contributed by atoms with E-state index in [2.05, 4.69) is 10.6 Å². The van der Waals surface area contributed by atoms with Gasteiger partial charge in [-0.1, -0.05) is 18.2 Å². The van der Waals surface area contributed by atoms with Crippen molar-refractivity contribution in [3.05, 3.63) is 29.8 Å². The molecular formula is C14H18N2O4. The van der Waals surface area contributed by atoms with Crippen LogP contribution in [0.4, 0.5) is 10.5 Å². The van der Waals surface area contributed by atoms with Gasteiger partial charge in [-0.3, -0.25) is 4.79 Å². The second-order valence-corrected chi connectivity index (χ2v) is 4.71. The van der Waals surface area contributed by atoms with Crippen LogP contribution < -0.4 is 10.6 Å². The topological polar surface area (TPSA) is 87.7 Å². The molecule has 1 saturated heterocycles. The minimum atomic E-state index is -0.854. The van der Waals surface area contributed by atoms with E-state index in [1.165, 1.54) is 0 Å². The molecule has 0 spiro atoms. The van der Waals surface area contributed by atoms with E-state index >= 15 is 0 Å². The molecule has 2 amide bonds. The molecule has 0 bridgehead atoms. The SMILES string of the molecule is O=C(O)CCc1ccccc1NC(=O)NC1CCOC1. The maximum Gasteiger partial charge on any atom is 0.319 e. The van der Waals surface area contributed by atoms with Crippen LogP contribution in [0.5, 0.6) is 0 Å². The second-order valence-electron chi connectivity index (χ2n) is 4.71. The third-order valence-corrected chi connectivity index (χ3v) is 3.14. The molecule has 0 aromatic heterocycles. The molecule has 1 aliphatic rings. The van der Waals surface area contributed by atoms with E-state index in [1.807, 2.05) is 12.1 Å². The highest BCUT2D eigenvalue weighted by Gasteiger charge is 2.18. The molecule has 6 nitrogen and oxygen atoms in total. The van der Waals surface area contributed by atoms with Crippen LogP contribution in [0.3, 0.4) is 0 Å². The summed E-state index contributed by atoms with van der Waals surface area (Å²) in [5.41, 5.74) is 1.46. The lowest BCUT2D eigenvalue weighted by Crippen LogP contribution is -2.38. The highest BCUT2D eigenvalue weighted by atomic mass is 16.5. The predicted molar refractivity (Wildman–Crippen MR) is 73.8 cm³/mol. The quantitative estimate of drug-likeness (QED) is 0.763.